The van der Waals surface area contributed by atoms with Crippen molar-refractivity contribution in [1.82, 2.24) is 5.48 Å². The second kappa shape index (κ2) is 8.52. The quantitative estimate of drug-likeness (QED) is 0.496. The molecule has 26 heavy (non-hydrogen) atoms. The summed E-state index contributed by atoms with van der Waals surface area (Å²) in [6.45, 7) is 0.325. The van der Waals surface area contributed by atoms with Crippen LogP contribution >= 0.6 is 11.6 Å². The Bertz CT molecular complexity index is 883. The summed E-state index contributed by atoms with van der Waals surface area (Å²) in [6.07, 6.45) is 0. The van der Waals surface area contributed by atoms with Gasteiger partial charge in [-0.15, -0.1) is 0 Å². The highest BCUT2D eigenvalue weighted by Crippen LogP contribution is 2.28. The van der Waals surface area contributed by atoms with E-state index in [4.69, 9.17) is 21.5 Å². The molecule has 0 heterocycles. The molecule has 2 N–H and O–H groups in total. The zero-order valence-electron chi connectivity index (χ0n) is 13.9. The van der Waals surface area contributed by atoms with Crippen LogP contribution in [0.25, 0.3) is 0 Å². The third-order valence-corrected chi connectivity index (χ3v) is 4.42. The molecule has 1 unspecified atom stereocenters. The largest absolute Gasteiger partial charge is 0.489 e. The average molecular weight is 368 g/mol. The molecule has 1 amide bonds. The molecule has 3 rings (SSSR count). The summed E-state index contributed by atoms with van der Waals surface area (Å²) >= 11 is 6.15. The van der Waals surface area contributed by atoms with E-state index in [2.05, 4.69) is 0 Å². The Morgan fingerprint density at radius 1 is 0.962 bits per heavy atom. The van der Waals surface area contributed by atoms with Crippen LogP contribution in [-0.2, 0) is 11.4 Å². The van der Waals surface area contributed by atoms with E-state index in [1.54, 1.807) is 11.5 Å². The molecule has 0 fully saturated rings. The predicted molar refractivity (Wildman–Crippen MR) is 100 cm³/mol. The molecule has 0 saturated carbocycles. The number of hydroxylamine groups is 1. The number of ether oxygens (including phenoxy) is 1. The van der Waals surface area contributed by atoms with Crippen molar-refractivity contribution in [1.29, 1.82) is 0 Å². The van der Waals surface area contributed by atoms with Gasteiger partial charge in [0.15, 0.2) is 0 Å². The molecule has 1 atom stereocenters. The van der Waals surface area contributed by atoms with Crippen molar-refractivity contribution in [3.05, 3.63) is 101 Å². The van der Waals surface area contributed by atoms with Crippen LogP contribution in [0.4, 0.5) is 0 Å². The standard InChI is InChI=1S/C21H18ClNO3/c22-19-12-5-4-9-17(19)14-26-18-11-6-10-16(13-18)20(21(24)23-25)15-7-2-1-3-8-15/h1-13,20,25H,14H2,(H,23,24). The van der Waals surface area contributed by atoms with E-state index in [9.17, 15) is 4.79 Å². The van der Waals surface area contributed by atoms with Crippen molar-refractivity contribution in [3.63, 3.8) is 0 Å². The van der Waals surface area contributed by atoms with Gasteiger partial charge >= 0.3 is 0 Å². The lowest BCUT2D eigenvalue weighted by Crippen LogP contribution is -2.27. The lowest BCUT2D eigenvalue weighted by atomic mass is 9.90. The van der Waals surface area contributed by atoms with E-state index < -0.39 is 11.8 Å². The van der Waals surface area contributed by atoms with Crippen molar-refractivity contribution in [2.75, 3.05) is 0 Å². The Morgan fingerprint density at radius 2 is 1.65 bits per heavy atom. The number of hydrogen-bond acceptors (Lipinski definition) is 3. The summed E-state index contributed by atoms with van der Waals surface area (Å²) in [6, 6.07) is 24.0. The fourth-order valence-electron chi connectivity index (χ4n) is 2.77. The summed E-state index contributed by atoms with van der Waals surface area (Å²) in [5, 5.41) is 9.78. The van der Waals surface area contributed by atoms with Crippen molar-refractivity contribution in [2.24, 2.45) is 0 Å². The molecule has 3 aromatic carbocycles. The zero-order valence-corrected chi connectivity index (χ0v) is 14.7. The number of benzene rings is 3. The smallest absolute Gasteiger partial charge is 0.255 e. The highest BCUT2D eigenvalue weighted by atomic mass is 35.5. The van der Waals surface area contributed by atoms with Crippen LogP contribution in [0.15, 0.2) is 78.9 Å². The molecule has 0 spiro atoms. The third-order valence-electron chi connectivity index (χ3n) is 4.05. The molecule has 132 valence electrons. The summed E-state index contributed by atoms with van der Waals surface area (Å²) in [4.78, 5) is 12.2. The summed E-state index contributed by atoms with van der Waals surface area (Å²) < 4.78 is 5.83. The summed E-state index contributed by atoms with van der Waals surface area (Å²) in [7, 11) is 0. The fraction of sp³-hybridized carbons (Fsp3) is 0.0952. The number of amides is 1. The number of nitrogens with one attached hydrogen (secondary N) is 1. The highest BCUT2D eigenvalue weighted by Gasteiger charge is 2.22. The van der Waals surface area contributed by atoms with Gasteiger partial charge in [0.1, 0.15) is 12.4 Å². The number of carbonyl (C=O) groups excluding carboxylic acids is 1. The van der Waals surface area contributed by atoms with Gasteiger partial charge in [-0.1, -0.05) is 72.3 Å². The normalized spacial score (nSPS) is 11.6. The summed E-state index contributed by atoms with van der Waals surface area (Å²) in [5.41, 5.74) is 4.13. The minimum atomic E-state index is -0.634. The second-order valence-corrected chi connectivity index (χ2v) is 6.18. The molecule has 0 saturated heterocycles. The molecule has 0 bridgehead atoms. The predicted octanol–water partition coefficient (Wildman–Crippen LogP) is 4.56. The van der Waals surface area contributed by atoms with E-state index in [-0.39, 0.29) is 0 Å². The van der Waals surface area contributed by atoms with Crippen LogP contribution < -0.4 is 10.2 Å². The number of hydrogen-bond donors (Lipinski definition) is 2. The lowest BCUT2D eigenvalue weighted by molar-refractivity contribution is -0.129. The zero-order chi connectivity index (χ0) is 18.4. The SMILES string of the molecule is O=C(NO)C(c1ccccc1)c1cccc(OCc2ccccc2Cl)c1. The van der Waals surface area contributed by atoms with Gasteiger partial charge < -0.3 is 4.74 Å². The van der Waals surface area contributed by atoms with Gasteiger partial charge in [0.2, 0.25) is 0 Å². The maximum absolute atomic E-state index is 12.2. The Morgan fingerprint density at radius 3 is 2.38 bits per heavy atom. The van der Waals surface area contributed by atoms with E-state index in [1.807, 2.05) is 72.8 Å². The van der Waals surface area contributed by atoms with E-state index >= 15 is 0 Å². The first-order chi connectivity index (χ1) is 12.7. The van der Waals surface area contributed by atoms with Crippen molar-refractivity contribution in [2.45, 2.75) is 12.5 Å². The molecule has 5 heteroatoms. The first kappa shape index (κ1) is 18.0. The Labute approximate surface area is 157 Å². The molecular weight excluding hydrogens is 350 g/mol. The molecule has 0 aliphatic heterocycles. The van der Waals surface area contributed by atoms with Crippen molar-refractivity contribution >= 4 is 17.5 Å². The molecule has 0 aliphatic rings. The molecular formula is C21H18ClNO3. The minimum absolute atomic E-state index is 0.325. The third kappa shape index (κ3) is 4.23. The average Bonchev–Trinajstić information content (AvgIpc) is 2.68. The highest BCUT2D eigenvalue weighted by molar-refractivity contribution is 6.31. The van der Waals surface area contributed by atoms with Crippen LogP contribution in [0.2, 0.25) is 5.02 Å². The topological polar surface area (TPSA) is 58.6 Å². The number of rotatable bonds is 6. The Hall–Kier alpha value is -2.82. The van der Waals surface area contributed by atoms with Gasteiger partial charge in [0.25, 0.3) is 5.91 Å². The van der Waals surface area contributed by atoms with Gasteiger partial charge in [-0.25, -0.2) is 5.48 Å². The van der Waals surface area contributed by atoms with Crippen LogP contribution in [0.5, 0.6) is 5.75 Å². The maximum atomic E-state index is 12.2. The van der Waals surface area contributed by atoms with Gasteiger partial charge in [-0.3, -0.25) is 10.0 Å². The van der Waals surface area contributed by atoms with Gasteiger partial charge in [0.05, 0.1) is 5.92 Å². The Kier molecular flexibility index (Phi) is 5.89. The molecule has 0 radical (unpaired) electrons. The van der Waals surface area contributed by atoms with Gasteiger partial charge in [-0.2, -0.15) is 0 Å². The fourth-order valence-corrected chi connectivity index (χ4v) is 2.96. The molecule has 4 nitrogen and oxygen atoms in total. The molecule has 3 aromatic rings. The first-order valence-electron chi connectivity index (χ1n) is 8.14. The molecule has 0 aromatic heterocycles. The van der Waals surface area contributed by atoms with Crippen LogP contribution in [0, 0.1) is 0 Å². The summed E-state index contributed by atoms with van der Waals surface area (Å²) in [5.74, 6) is -0.515. The van der Waals surface area contributed by atoms with Crippen LogP contribution in [0.3, 0.4) is 0 Å². The first-order valence-corrected chi connectivity index (χ1v) is 8.52. The van der Waals surface area contributed by atoms with Crippen LogP contribution in [-0.4, -0.2) is 11.1 Å². The lowest BCUT2D eigenvalue weighted by Gasteiger charge is -2.17. The monoisotopic (exact) mass is 367 g/mol. The van der Waals surface area contributed by atoms with Gasteiger partial charge in [0, 0.05) is 10.6 Å². The number of halogens is 1. The van der Waals surface area contributed by atoms with E-state index in [1.165, 1.54) is 0 Å². The van der Waals surface area contributed by atoms with E-state index in [0.29, 0.717) is 17.4 Å². The Balaban J connectivity index is 1.85. The van der Waals surface area contributed by atoms with Crippen molar-refractivity contribution < 1.29 is 14.7 Å². The van der Waals surface area contributed by atoms with Gasteiger partial charge in [-0.05, 0) is 29.3 Å². The van der Waals surface area contributed by atoms with Crippen molar-refractivity contribution in [3.8, 4) is 5.75 Å². The van der Waals surface area contributed by atoms with Crippen LogP contribution in [0.1, 0.15) is 22.6 Å². The maximum Gasteiger partial charge on any atom is 0.255 e. The molecule has 0 aliphatic carbocycles. The minimum Gasteiger partial charge on any atom is -0.489 e. The second-order valence-electron chi connectivity index (χ2n) is 5.77. The van der Waals surface area contributed by atoms with E-state index in [0.717, 1.165) is 16.7 Å². The number of carbonyl (C=O) groups is 1.